The molecule has 1 atom stereocenters. The van der Waals surface area contributed by atoms with Gasteiger partial charge >= 0.3 is 0 Å². The van der Waals surface area contributed by atoms with Crippen LogP contribution in [0.25, 0.3) is 5.76 Å². The molecule has 0 bridgehead atoms. The molecular weight excluding hydrogens is 496 g/mol. The van der Waals surface area contributed by atoms with E-state index in [-0.39, 0.29) is 11.3 Å². The third kappa shape index (κ3) is 4.89. The first-order valence-corrected chi connectivity index (χ1v) is 12.0. The number of pyridine rings is 1. The molecule has 0 spiro atoms. The summed E-state index contributed by atoms with van der Waals surface area (Å²) in [7, 11) is 0. The van der Waals surface area contributed by atoms with Crippen LogP contribution in [0.5, 0.6) is 5.75 Å². The van der Waals surface area contributed by atoms with E-state index in [9.17, 15) is 14.7 Å². The van der Waals surface area contributed by atoms with E-state index in [4.69, 9.17) is 4.74 Å². The molecular formula is C27H25BrN2O4. The second-order valence-corrected chi connectivity index (χ2v) is 8.93. The lowest BCUT2D eigenvalue weighted by atomic mass is 9.96. The van der Waals surface area contributed by atoms with Gasteiger partial charge in [0.05, 0.1) is 18.2 Å². The zero-order valence-corrected chi connectivity index (χ0v) is 20.4. The number of hydrogen-bond acceptors (Lipinski definition) is 5. The summed E-state index contributed by atoms with van der Waals surface area (Å²) in [4.78, 5) is 31.9. The first-order chi connectivity index (χ1) is 16.5. The molecule has 2 heterocycles. The van der Waals surface area contributed by atoms with E-state index in [0.29, 0.717) is 29.2 Å². The molecule has 6 nitrogen and oxygen atoms in total. The highest BCUT2D eigenvalue weighted by atomic mass is 79.9. The zero-order chi connectivity index (χ0) is 24.1. The Balaban J connectivity index is 1.74. The summed E-state index contributed by atoms with van der Waals surface area (Å²) in [6.07, 6.45) is 6.41. The predicted octanol–water partition coefficient (Wildman–Crippen LogP) is 6.04. The van der Waals surface area contributed by atoms with Crippen molar-refractivity contribution in [2.45, 2.75) is 32.2 Å². The molecule has 1 saturated heterocycles. The second-order valence-electron chi connectivity index (χ2n) is 8.02. The van der Waals surface area contributed by atoms with E-state index in [0.717, 1.165) is 23.7 Å². The number of hydrogen-bond donors (Lipinski definition) is 1. The highest BCUT2D eigenvalue weighted by Gasteiger charge is 2.47. The molecule has 0 saturated carbocycles. The summed E-state index contributed by atoms with van der Waals surface area (Å²) in [5.74, 6) is -0.996. The molecule has 1 fully saturated rings. The van der Waals surface area contributed by atoms with Gasteiger partial charge in [-0.2, -0.15) is 0 Å². The van der Waals surface area contributed by atoms with Crippen LogP contribution in [0.4, 0.5) is 5.69 Å². The van der Waals surface area contributed by atoms with Crippen molar-refractivity contribution in [1.82, 2.24) is 4.98 Å². The minimum atomic E-state index is -0.812. The lowest BCUT2D eigenvalue weighted by molar-refractivity contribution is -0.132. The molecule has 3 aromatic rings. The van der Waals surface area contributed by atoms with Gasteiger partial charge in [-0.25, -0.2) is 0 Å². The number of halogens is 1. The number of ketones is 1. The van der Waals surface area contributed by atoms with E-state index in [2.05, 4.69) is 27.8 Å². The number of unbranched alkanes of at least 4 members (excludes halogenated alkanes) is 2. The second kappa shape index (κ2) is 10.7. The number of aromatic nitrogens is 1. The highest BCUT2D eigenvalue weighted by molar-refractivity contribution is 9.10. The van der Waals surface area contributed by atoms with E-state index in [1.165, 1.54) is 4.90 Å². The van der Waals surface area contributed by atoms with Crippen molar-refractivity contribution in [3.63, 3.8) is 0 Å². The fraction of sp³-hybridized carbons (Fsp3) is 0.222. The van der Waals surface area contributed by atoms with Crippen LogP contribution in [-0.2, 0) is 9.59 Å². The Morgan fingerprint density at radius 3 is 2.56 bits per heavy atom. The maximum Gasteiger partial charge on any atom is 0.300 e. The lowest BCUT2D eigenvalue weighted by Gasteiger charge is -2.25. The molecule has 1 unspecified atom stereocenters. The maximum absolute atomic E-state index is 13.2. The van der Waals surface area contributed by atoms with Crippen LogP contribution in [-0.4, -0.2) is 28.4 Å². The number of nitrogens with zero attached hydrogens (tertiary/aromatic N) is 2. The molecule has 7 heteroatoms. The Labute approximate surface area is 207 Å². The molecule has 4 rings (SSSR count). The van der Waals surface area contributed by atoms with Gasteiger partial charge in [-0.15, -0.1) is 0 Å². The molecule has 1 aromatic heterocycles. The molecule has 1 aliphatic rings. The van der Waals surface area contributed by atoms with Gasteiger partial charge < -0.3 is 9.84 Å². The quantitative estimate of drug-likeness (QED) is 0.169. The molecule has 0 radical (unpaired) electrons. The van der Waals surface area contributed by atoms with Crippen LogP contribution < -0.4 is 9.64 Å². The number of rotatable bonds is 8. The minimum absolute atomic E-state index is 0.0228. The number of ether oxygens (including phenoxy) is 1. The van der Waals surface area contributed by atoms with Crippen LogP contribution in [0.1, 0.15) is 43.4 Å². The standard InChI is InChI=1S/C27H25BrN2O4/c1-2-3-4-15-34-22-12-10-18(11-13-22)25(31)23-24(19-7-6-14-29-17-19)30(27(33)26(23)32)21-9-5-8-20(28)16-21/h5-14,16-17,24,31H,2-4,15H2,1H3/b25-23+. The molecule has 174 valence electrons. The van der Waals surface area contributed by atoms with Crippen molar-refractivity contribution in [3.8, 4) is 5.75 Å². The molecule has 1 N–H and O–H groups in total. The van der Waals surface area contributed by atoms with Crippen molar-refractivity contribution in [1.29, 1.82) is 0 Å². The van der Waals surface area contributed by atoms with E-state index in [1.54, 1.807) is 67.0 Å². The number of benzene rings is 2. The SMILES string of the molecule is CCCCCOc1ccc(/C(O)=C2\C(=O)C(=O)N(c3cccc(Br)c3)C2c2cccnc2)cc1. The van der Waals surface area contributed by atoms with E-state index >= 15 is 0 Å². The summed E-state index contributed by atoms with van der Waals surface area (Å²) in [5.41, 5.74) is 1.62. The van der Waals surface area contributed by atoms with Crippen LogP contribution in [0.2, 0.25) is 0 Å². The van der Waals surface area contributed by atoms with Gasteiger partial charge in [-0.3, -0.25) is 19.5 Å². The third-order valence-corrected chi connectivity index (χ3v) is 6.17. The molecule has 34 heavy (non-hydrogen) atoms. The van der Waals surface area contributed by atoms with Crippen LogP contribution >= 0.6 is 15.9 Å². The summed E-state index contributed by atoms with van der Waals surface area (Å²) in [6.45, 7) is 2.76. The van der Waals surface area contributed by atoms with Gasteiger partial charge in [0.15, 0.2) is 0 Å². The smallest absolute Gasteiger partial charge is 0.300 e. The number of anilines is 1. The first-order valence-electron chi connectivity index (χ1n) is 11.2. The van der Waals surface area contributed by atoms with E-state index in [1.807, 2.05) is 6.07 Å². The van der Waals surface area contributed by atoms with Crippen LogP contribution in [0, 0.1) is 0 Å². The third-order valence-electron chi connectivity index (χ3n) is 5.68. The monoisotopic (exact) mass is 520 g/mol. The molecule has 2 aromatic carbocycles. The molecule has 1 aliphatic heterocycles. The Kier molecular flexibility index (Phi) is 7.43. The number of aliphatic hydroxyl groups is 1. The largest absolute Gasteiger partial charge is 0.507 e. The topological polar surface area (TPSA) is 79.7 Å². The summed E-state index contributed by atoms with van der Waals surface area (Å²) in [6, 6.07) is 16.7. The summed E-state index contributed by atoms with van der Waals surface area (Å²) < 4.78 is 6.51. The number of aliphatic hydroxyl groups excluding tert-OH is 1. The normalized spacial score (nSPS) is 17.2. The minimum Gasteiger partial charge on any atom is -0.507 e. The van der Waals surface area contributed by atoms with Crippen LogP contribution in [0.15, 0.2) is 83.1 Å². The predicted molar refractivity (Wildman–Crippen MR) is 135 cm³/mol. The van der Waals surface area contributed by atoms with Gasteiger partial charge in [0.25, 0.3) is 11.7 Å². The van der Waals surface area contributed by atoms with Crippen molar-refractivity contribution in [2.24, 2.45) is 0 Å². The zero-order valence-electron chi connectivity index (χ0n) is 18.8. The summed E-state index contributed by atoms with van der Waals surface area (Å²) in [5, 5.41) is 11.2. The Morgan fingerprint density at radius 2 is 1.88 bits per heavy atom. The van der Waals surface area contributed by atoms with E-state index < -0.39 is 17.7 Å². The Morgan fingerprint density at radius 1 is 1.09 bits per heavy atom. The average molecular weight is 521 g/mol. The molecule has 1 amide bonds. The van der Waals surface area contributed by atoms with Crippen molar-refractivity contribution in [3.05, 3.63) is 94.2 Å². The van der Waals surface area contributed by atoms with Gasteiger partial charge in [-0.05, 0) is 60.5 Å². The van der Waals surface area contributed by atoms with Crippen LogP contribution in [0.3, 0.4) is 0 Å². The lowest BCUT2D eigenvalue weighted by Crippen LogP contribution is -2.29. The molecule has 0 aliphatic carbocycles. The fourth-order valence-electron chi connectivity index (χ4n) is 3.98. The Hall–Kier alpha value is -3.45. The fourth-order valence-corrected chi connectivity index (χ4v) is 4.37. The number of carbonyl (C=O) groups is 2. The van der Waals surface area contributed by atoms with Gasteiger partial charge in [0, 0.05) is 28.1 Å². The first kappa shape index (κ1) is 23.7. The average Bonchev–Trinajstić information content (AvgIpc) is 3.13. The van der Waals surface area contributed by atoms with Crippen molar-refractivity contribution >= 4 is 39.1 Å². The van der Waals surface area contributed by atoms with Gasteiger partial charge in [-0.1, -0.05) is 47.8 Å². The van der Waals surface area contributed by atoms with Gasteiger partial charge in [0.1, 0.15) is 11.5 Å². The number of amides is 1. The van der Waals surface area contributed by atoms with Crippen molar-refractivity contribution in [2.75, 3.05) is 11.5 Å². The Bertz CT molecular complexity index is 1210. The summed E-state index contributed by atoms with van der Waals surface area (Å²) >= 11 is 3.43. The van der Waals surface area contributed by atoms with Crippen molar-refractivity contribution < 1.29 is 19.4 Å². The maximum atomic E-state index is 13.2. The number of Topliss-reactive ketones (excluding diaryl/α,β-unsaturated/α-hetero) is 1. The van der Waals surface area contributed by atoms with Gasteiger partial charge in [0.2, 0.25) is 0 Å². The number of carbonyl (C=O) groups excluding carboxylic acids is 2. The highest BCUT2D eigenvalue weighted by Crippen LogP contribution is 2.42.